The molecule has 0 aliphatic carbocycles. The highest BCUT2D eigenvalue weighted by molar-refractivity contribution is 6.13. The van der Waals surface area contributed by atoms with E-state index in [0.717, 1.165) is 34.4 Å². The SMILES string of the molecule is Fc1c(F)c(F)c(-c2cc(-n3c4cc(-c5ccc(-c6ccccc6)nc5)ccc4c4ccc(-c5ccc(-c6ccccc6)nc5)cc43)c(C(F)(F)F)c(-n3c4cc(-c5ccc(-c6ccccc6)nc5)ccc4c4ccc(-c5ccc(-c6ccccc6)nc5)cc43)c2)c(F)c1F. The minimum Gasteiger partial charge on any atom is -0.308 e. The molecule has 0 amide bonds. The zero-order chi connectivity index (χ0) is 64.6. The van der Waals surface area contributed by atoms with Gasteiger partial charge in [0.25, 0.3) is 0 Å². The van der Waals surface area contributed by atoms with Crippen LogP contribution in [0.5, 0.6) is 0 Å². The summed E-state index contributed by atoms with van der Waals surface area (Å²) in [5.41, 5.74) is 6.66. The number of benzene rings is 10. The van der Waals surface area contributed by atoms with Crippen LogP contribution < -0.4 is 0 Å². The molecule has 95 heavy (non-hydrogen) atoms. The van der Waals surface area contributed by atoms with Crippen molar-refractivity contribution in [2.75, 3.05) is 0 Å². The van der Waals surface area contributed by atoms with E-state index < -0.39 is 63.3 Å². The van der Waals surface area contributed by atoms with E-state index in [4.69, 9.17) is 19.9 Å². The summed E-state index contributed by atoms with van der Waals surface area (Å²) in [6.07, 6.45) is 1.30. The minimum absolute atomic E-state index is 0.204. The van der Waals surface area contributed by atoms with Crippen LogP contribution in [-0.4, -0.2) is 29.1 Å². The first-order valence-electron chi connectivity index (χ1n) is 30.3. The molecule has 10 aromatic carbocycles. The van der Waals surface area contributed by atoms with Crippen LogP contribution >= 0.6 is 0 Å². The van der Waals surface area contributed by atoms with Crippen molar-refractivity contribution in [3.63, 3.8) is 0 Å². The Bertz CT molecular complexity index is 5030. The number of aromatic nitrogens is 6. The predicted octanol–water partition coefficient (Wildman–Crippen LogP) is 22.2. The Morgan fingerprint density at radius 2 is 0.495 bits per heavy atom. The Labute approximate surface area is 537 Å². The van der Waals surface area contributed by atoms with E-state index in [9.17, 15) is 0 Å². The average Bonchev–Trinajstić information content (AvgIpc) is 1.60. The van der Waals surface area contributed by atoms with Gasteiger partial charge in [-0.25, -0.2) is 22.0 Å². The van der Waals surface area contributed by atoms with Crippen molar-refractivity contribution in [1.82, 2.24) is 29.1 Å². The minimum atomic E-state index is -5.35. The van der Waals surface area contributed by atoms with Crippen LogP contribution in [0, 0.1) is 29.1 Å². The number of halogens is 8. The van der Waals surface area contributed by atoms with Crippen LogP contribution in [0.4, 0.5) is 35.1 Å². The maximum absolute atomic E-state index is 17.7. The summed E-state index contributed by atoms with van der Waals surface area (Å²) in [6, 6.07) is 75.8. The molecule has 6 nitrogen and oxygen atoms in total. The first-order valence-corrected chi connectivity index (χ1v) is 30.3. The maximum Gasteiger partial charge on any atom is 0.420 e. The first-order chi connectivity index (χ1) is 46.3. The van der Waals surface area contributed by atoms with Crippen LogP contribution in [0.1, 0.15) is 5.56 Å². The van der Waals surface area contributed by atoms with E-state index in [1.54, 1.807) is 73.3 Å². The second-order valence-corrected chi connectivity index (χ2v) is 23.1. The van der Waals surface area contributed by atoms with E-state index in [-0.39, 0.29) is 22.1 Å². The second kappa shape index (κ2) is 23.2. The van der Waals surface area contributed by atoms with Gasteiger partial charge in [-0.2, -0.15) is 13.2 Å². The third-order valence-corrected chi connectivity index (χ3v) is 17.6. The monoisotopic (exact) mass is 1250 g/mol. The Balaban J connectivity index is 1.00. The highest BCUT2D eigenvalue weighted by atomic mass is 19.4. The zero-order valence-corrected chi connectivity index (χ0v) is 49.8. The molecule has 0 radical (unpaired) electrons. The summed E-state index contributed by atoms with van der Waals surface area (Å²) in [7, 11) is 0. The number of nitrogens with zero attached hydrogens (tertiary/aromatic N) is 6. The van der Waals surface area contributed by atoms with Gasteiger partial charge in [-0.05, 0) is 88.5 Å². The lowest BCUT2D eigenvalue weighted by atomic mass is 9.97. The number of hydrogen-bond donors (Lipinski definition) is 0. The molecule has 0 bridgehead atoms. The molecule has 16 rings (SSSR count). The van der Waals surface area contributed by atoms with Gasteiger partial charge >= 0.3 is 6.18 Å². The third kappa shape index (κ3) is 10.2. The maximum atomic E-state index is 17.7. The van der Waals surface area contributed by atoms with E-state index in [1.807, 2.05) is 194 Å². The topological polar surface area (TPSA) is 61.4 Å². The van der Waals surface area contributed by atoms with Gasteiger partial charge in [-0.1, -0.05) is 194 Å². The molecule has 0 saturated heterocycles. The lowest BCUT2D eigenvalue weighted by molar-refractivity contribution is -0.137. The molecule has 6 aromatic heterocycles. The molecule has 6 heterocycles. The number of rotatable bonds is 11. The molecule has 0 saturated carbocycles. The molecule has 456 valence electrons. The standard InChI is InChI=1S/C81H46F8N6/c82-76-74(77(83)79(85)80(86)78(76)84)59-41-72(94-68-37-51(55-25-33-64(90-43-55)47-13-5-1-6-14-47)21-29-60(68)61-30-22-52(38-69(61)94)56-26-34-65(91-44-56)48-15-7-2-8-16-48)75(81(87,88)89)73(42-59)95-70-39-53(57-27-35-66(92-45-57)49-17-9-3-10-18-49)23-31-62(70)63-32-24-54(40-71(63)95)58-28-36-67(93-46-58)50-19-11-4-12-20-50/h1-46H. The molecular weight excluding hydrogens is 1210 g/mol. The number of alkyl halides is 3. The van der Waals surface area contributed by atoms with Crippen molar-refractivity contribution < 1.29 is 35.1 Å². The molecule has 0 atom stereocenters. The summed E-state index contributed by atoms with van der Waals surface area (Å²) in [4.78, 5) is 19.1. The average molecular weight is 1260 g/mol. The van der Waals surface area contributed by atoms with Crippen molar-refractivity contribution in [2.24, 2.45) is 0 Å². The van der Waals surface area contributed by atoms with Crippen molar-refractivity contribution in [3.05, 3.63) is 314 Å². The zero-order valence-electron chi connectivity index (χ0n) is 49.8. The van der Waals surface area contributed by atoms with Crippen LogP contribution in [-0.2, 0) is 6.18 Å². The van der Waals surface area contributed by atoms with E-state index in [1.165, 1.54) is 9.13 Å². The highest BCUT2D eigenvalue weighted by Crippen LogP contribution is 2.49. The normalized spacial score (nSPS) is 11.8. The quantitative estimate of drug-likeness (QED) is 0.0735. The smallest absolute Gasteiger partial charge is 0.308 e. The highest BCUT2D eigenvalue weighted by Gasteiger charge is 2.41. The van der Waals surface area contributed by atoms with E-state index in [0.29, 0.717) is 88.8 Å². The molecule has 0 spiro atoms. The molecule has 0 N–H and O–H groups in total. The number of fused-ring (bicyclic) bond motifs is 6. The molecular formula is C81H46F8N6. The van der Waals surface area contributed by atoms with Crippen LogP contribution in [0.3, 0.4) is 0 Å². The molecule has 16 aromatic rings. The molecule has 0 unspecified atom stereocenters. The van der Waals surface area contributed by atoms with Crippen LogP contribution in [0.25, 0.3) is 156 Å². The van der Waals surface area contributed by atoms with Gasteiger partial charge in [0.2, 0.25) is 5.82 Å². The Morgan fingerprint density at radius 3 is 0.737 bits per heavy atom. The van der Waals surface area contributed by atoms with E-state index >= 15 is 35.1 Å². The lowest BCUT2D eigenvalue weighted by Crippen LogP contribution is -2.16. The second-order valence-electron chi connectivity index (χ2n) is 23.1. The fraction of sp³-hybridized carbons (Fsp3) is 0.0123. The Hall–Kier alpha value is -12.2. The number of hydrogen-bond acceptors (Lipinski definition) is 4. The summed E-state index contributed by atoms with van der Waals surface area (Å²) in [5.74, 6) is -11.5. The molecule has 0 aliphatic heterocycles. The summed E-state index contributed by atoms with van der Waals surface area (Å²) < 4.78 is 137. The number of pyridine rings is 4. The lowest BCUT2D eigenvalue weighted by Gasteiger charge is -2.24. The molecule has 0 aliphatic rings. The summed E-state index contributed by atoms with van der Waals surface area (Å²) in [6.45, 7) is 0. The van der Waals surface area contributed by atoms with Gasteiger partial charge in [0.1, 0.15) is 5.56 Å². The van der Waals surface area contributed by atoms with Crippen molar-refractivity contribution >= 4 is 43.6 Å². The first kappa shape index (κ1) is 58.0. The van der Waals surface area contributed by atoms with Crippen LogP contribution in [0.15, 0.2) is 280 Å². The van der Waals surface area contributed by atoms with E-state index in [2.05, 4.69) is 0 Å². The molecule has 14 heteroatoms. The Kier molecular flexibility index (Phi) is 14.2. The Morgan fingerprint density at radius 1 is 0.242 bits per heavy atom. The predicted molar refractivity (Wildman–Crippen MR) is 360 cm³/mol. The van der Waals surface area contributed by atoms with Crippen molar-refractivity contribution in [3.8, 4) is 112 Å². The van der Waals surface area contributed by atoms with Gasteiger partial charge in [-0.15, -0.1) is 0 Å². The molecule has 0 fully saturated rings. The van der Waals surface area contributed by atoms with Gasteiger partial charge in [-0.3, -0.25) is 19.9 Å². The van der Waals surface area contributed by atoms with Gasteiger partial charge in [0.15, 0.2) is 23.3 Å². The van der Waals surface area contributed by atoms with Crippen molar-refractivity contribution in [1.29, 1.82) is 0 Å². The summed E-state index contributed by atoms with van der Waals surface area (Å²) in [5, 5.41) is 1.90. The fourth-order valence-electron chi connectivity index (χ4n) is 12.9. The fourth-order valence-corrected chi connectivity index (χ4v) is 12.9. The largest absolute Gasteiger partial charge is 0.420 e. The van der Waals surface area contributed by atoms with Gasteiger partial charge < -0.3 is 9.13 Å². The van der Waals surface area contributed by atoms with Crippen molar-refractivity contribution in [2.45, 2.75) is 6.18 Å². The third-order valence-electron chi connectivity index (χ3n) is 17.6. The van der Waals surface area contributed by atoms with Gasteiger partial charge in [0, 0.05) is 90.8 Å². The van der Waals surface area contributed by atoms with Gasteiger partial charge in [0.05, 0.1) is 61.8 Å². The summed E-state index contributed by atoms with van der Waals surface area (Å²) >= 11 is 0. The van der Waals surface area contributed by atoms with Crippen LogP contribution in [0.2, 0.25) is 0 Å².